The lowest BCUT2D eigenvalue weighted by Gasteiger charge is -2.36. The highest BCUT2D eigenvalue weighted by molar-refractivity contribution is 5.90. The van der Waals surface area contributed by atoms with E-state index in [0.717, 1.165) is 35.2 Å². The Morgan fingerprint density at radius 1 is 1.00 bits per heavy atom. The third-order valence-corrected chi connectivity index (χ3v) is 5.82. The third kappa shape index (κ3) is 2.83. The summed E-state index contributed by atoms with van der Waals surface area (Å²) in [6.45, 7) is 0. The van der Waals surface area contributed by atoms with Gasteiger partial charge >= 0.3 is 6.03 Å². The van der Waals surface area contributed by atoms with E-state index in [1.165, 1.54) is 6.20 Å². The van der Waals surface area contributed by atoms with Gasteiger partial charge in [-0.3, -0.25) is 0 Å². The molecule has 0 spiro atoms. The van der Waals surface area contributed by atoms with E-state index >= 15 is 0 Å². The number of rotatable bonds is 2. The molecule has 0 unspecified atom stereocenters. The summed E-state index contributed by atoms with van der Waals surface area (Å²) in [7, 11) is 0. The Bertz CT molecular complexity index is 1020. The first-order valence-electron chi connectivity index (χ1n) is 9.59. The molecule has 2 amide bonds. The van der Waals surface area contributed by atoms with E-state index in [9.17, 15) is 9.18 Å². The number of aromatic nitrogens is 1. The summed E-state index contributed by atoms with van der Waals surface area (Å²) in [5.74, 6) is -0.397. The Kier molecular flexibility index (Phi) is 4.08. The van der Waals surface area contributed by atoms with Gasteiger partial charge in [0.15, 0.2) is 0 Å². The van der Waals surface area contributed by atoms with Gasteiger partial charge in [-0.15, -0.1) is 0 Å². The number of carbonyl (C=O) groups excluding carboxylic acids is 1. The van der Waals surface area contributed by atoms with Gasteiger partial charge in [-0.1, -0.05) is 42.5 Å². The summed E-state index contributed by atoms with van der Waals surface area (Å²) in [6, 6.07) is 19.7. The zero-order chi connectivity index (χ0) is 19.1. The van der Waals surface area contributed by atoms with Crippen molar-refractivity contribution in [3.63, 3.8) is 0 Å². The van der Waals surface area contributed by atoms with Crippen LogP contribution < -0.4 is 5.32 Å². The topological polar surface area (TPSA) is 45.2 Å². The number of nitrogens with zero attached hydrogens (tertiary/aromatic N) is 2. The minimum absolute atomic E-state index is 0.0276. The normalized spacial score (nSPS) is 20.0. The van der Waals surface area contributed by atoms with Crippen LogP contribution in [0.4, 0.5) is 14.9 Å². The van der Waals surface area contributed by atoms with Crippen molar-refractivity contribution >= 4 is 11.7 Å². The van der Waals surface area contributed by atoms with Gasteiger partial charge in [-0.2, -0.15) is 4.39 Å². The number of amides is 2. The van der Waals surface area contributed by atoms with E-state index in [-0.39, 0.29) is 18.1 Å². The Morgan fingerprint density at radius 2 is 1.75 bits per heavy atom. The molecule has 1 aromatic heterocycles. The molecule has 0 radical (unpaired) electrons. The maximum atomic E-state index is 14.1. The number of hydrogen-bond donors (Lipinski definition) is 1. The van der Waals surface area contributed by atoms with Crippen molar-refractivity contribution in [2.45, 2.75) is 31.3 Å². The molecule has 2 bridgehead atoms. The van der Waals surface area contributed by atoms with Crippen LogP contribution in [-0.4, -0.2) is 22.0 Å². The minimum Gasteiger partial charge on any atom is -0.314 e. The monoisotopic (exact) mass is 373 g/mol. The molecule has 0 aliphatic carbocycles. The van der Waals surface area contributed by atoms with E-state index in [0.29, 0.717) is 12.0 Å². The number of anilines is 1. The fourth-order valence-electron chi connectivity index (χ4n) is 4.49. The molecule has 3 aromatic rings. The Hall–Kier alpha value is -3.21. The SMILES string of the molecule is O=C(Nc1ccc(-c2ccccc2)cc1)N1[C@H]2CC[C@@H]1c1ccnc(F)c1C2. The van der Waals surface area contributed by atoms with E-state index in [1.807, 2.05) is 53.4 Å². The number of fused-ring (bicyclic) bond motifs is 4. The third-order valence-electron chi connectivity index (χ3n) is 5.82. The summed E-state index contributed by atoms with van der Waals surface area (Å²) in [5, 5.41) is 3.01. The van der Waals surface area contributed by atoms with Crippen LogP contribution in [0.2, 0.25) is 0 Å². The highest BCUT2D eigenvalue weighted by Crippen LogP contribution is 2.44. The van der Waals surface area contributed by atoms with Gasteiger partial charge < -0.3 is 10.2 Å². The van der Waals surface area contributed by atoms with E-state index < -0.39 is 5.95 Å². The molecular formula is C23H20FN3O. The molecule has 3 heterocycles. The average Bonchev–Trinajstić information content (AvgIpc) is 3.05. The summed E-state index contributed by atoms with van der Waals surface area (Å²) in [6.07, 6.45) is 3.78. The zero-order valence-electron chi connectivity index (χ0n) is 15.3. The summed E-state index contributed by atoms with van der Waals surface area (Å²) < 4.78 is 14.1. The molecule has 5 heteroatoms. The van der Waals surface area contributed by atoms with Crippen molar-refractivity contribution in [1.29, 1.82) is 0 Å². The molecular weight excluding hydrogens is 353 g/mol. The summed E-state index contributed by atoms with van der Waals surface area (Å²) in [4.78, 5) is 18.6. The van der Waals surface area contributed by atoms with Crippen molar-refractivity contribution in [3.8, 4) is 11.1 Å². The van der Waals surface area contributed by atoms with E-state index in [4.69, 9.17) is 0 Å². The highest BCUT2D eigenvalue weighted by atomic mass is 19.1. The molecule has 28 heavy (non-hydrogen) atoms. The smallest absolute Gasteiger partial charge is 0.314 e. The van der Waals surface area contributed by atoms with Crippen LogP contribution in [0.3, 0.4) is 0 Å². The van der Waals surface area contributed by atoms with Gasteiger partial charge in [-0.25, -0.2) is 9.78 Å². The molecule has 1 saturated heterocycles. The van der Waals surface area contributed by atoms with Crippen LogP contribution >= 0.6 is 0 Å². The van der Waals surface area contributed by atoms with Gasteiger partial charge in [0.05, 0.1) is 6.04 Å². The van der Waals surface area contributed by atoms with Crippen LogP contribution in [-0.2, 0) is 6.42 Å². The number of carbonyl (C=O) groups is 1. The Morgan fingerprint density at radius 3 is 2.54 bits per heavy atom. The van der Waals surface area contributed by atoms with Crippen LogP contribution in [0, 0.1) is 5.95 Å². The largest absolute Gasteiger partial charge is 0.322 e. The minimum atomic E-state index is -0.397. The first-order chi connectivity index (χ1) is 13.7. The maximum absolute atomic E-state index is 14.1. The predicted molar refractivity (Wildman–Crippen MR) is 106 cm³/mol. The Labute approximate surface area is 163 Å². The van der Waals surface area contributed by atoms with Crippen molar-refractivity contribution in [1.82, 2.24) is 9.88 Å². The van der Waals surface area contributed by atoms with Crippen molar-refractivity contribution in [2.24, 2.45) is 0 Å². The molecule has 2 atom stereocenters. The number of pyridine rings is 1. The van der Waals surface area contributed by atoms with Crippen LogP contribution in [0.1, 0.15) is 30.0 Å². The number of nitrogens with one attached hydrogen (secondary N) is 1. The maximum Gasteiger partial charge on any atom is 0.322 e. The molecule has 2 aromatic carbocycles. The zero-order valence-corrected chi connectivity index (χ0v) is 15.3. The lowest BCUT2D eigenvalue weighted by atomic mass is 9.95. The molecule has 4 nitrogen and oxygen atoms in total. The van der Waals surface area contributed by atoms with Crippen molar-refractivity contribution in [2.75, 3.05) is 5.32 Å². The van der Waals surface area contributed by atoms with E-state index in [2.05, 4.69) is 22.4 Å². The van der Waals surface area contributed by atoms with Crippen LogP contribution in [0.5, 0.6) is 0 Å². The first-order valence-corrected chi connectivity index (χ1v) is 9.59. The van der Waals surface area contributed by atoms with Crippen LogP contribution in [0.25, 0.3) is 11.1 Å². The molecule has 2 aliphatic heterocycles. The van der Waals surface area contributed by atoms with Gasteiger partial charge in [0.1, 0.15) is 0 Å². The van der Waals surface area contributed by atoms with Crippen LogP contribution in [0.15, 0.2) is 66.9 Å². The van der Waals surface area contributed by atoms with Gasteiger partial charge in [0.2, 0.25) is 5.95 Å². The van der Waals surface area contributed by atoms with Gasteiger partial charge in [-0.05, 0) is 54.2 Å². The second-order valence-electron chi connectivity index (χ2n) is 7.40. The number of halogens is 1. The first kappa shape index (κ1) is 16.9. The molecule has 1 N–H and O–H groups in total. The lowest BCUT2D eigenvalue weighted by Crippen LogP contribution is -2.44. The quantitative estimate of drug-likeness (QED) is 0.629. The second-order valence-corrected chi connectivity index (χ2v) is 7.40. The van der Waals surface area contributed by atoms with E-state index in [1.54, 1.807) is 0 Å². The predicted octanol–water partition coefficient (Wildman–Crippen LogP) is 5.18. The fourth-order valence-corrected chi connectivity index (χ4v) is 4.49. The fraction of sp³-hybridized carbons (Fsp3) is 0.217. The summed E-state index contributed by atoms with van der Waals surface area (Å²) >= 11 is 0. The molecule has 5 rings (SSSR count). The standard InChI is InChI=1S/C23H20FN3O/c24-22-20-14-18-10-11-21(19(20)12-13-25-22)27(18)23(28)26-17-8-6-16(7-9-17)15-4-2-1-3-5-15/h1-9,12-13,18,21H,10-11,14H2,(H,26,28)/t18-,21+/m0/s1. The molecule has 0 saturated carbocycles. The van der Waals surface area contributed by atoms with Gasteiger partial charge in [0, 0.05) is 23.5 Å². The van der Waals surface area contributed by atoms with Gasteiger partial charge in [0.25, 0.3) is 0 Å². The highest BCUT2D eigenvalue weighted by Gasteiger charge is 2.43. The average molecular weight is 373 g/mol. The number of benzene rings is 2. The molecule has 140 valence electrons. The molecule has 1 fully saturated rings. The second kappa shape index (κ2) is 6.75. The number of urea groups is 1. The summed E-state index contributed by atoms with van der Waals surface area (Å²) in [5.41, 5.74) is 4.58. The van der Waals surface area contributed by atoms with Crippen molar-refractivity contribution in [3.05, 3.63) is 83.9 Å². The number of hydrogen-bond acceptors (Lipinski definition) is 2. The molecule has 2 aliphatic rings. The Balaban J connectivity index is 1.35. The van der Waals surface area contributed by atoms with Crippen molar-refractivity contribution < 1.29 is 9.18 Å². The lowest BCUT2D eigenvalue weighted by molar-refractivity contribution is 0.178.